The van der Waals surface area contributed by atoms with Gasteiger partial charge in [-0.15, -0.1) is 11.8 Å². The summed E-state index contributed by atoms with van der Waals surface area (Å²) in [5.41, 5.74) is 7.08. The quantitative estimate of drug-likeness (QED) is 0.797. The molecule has 0 fully saturated rings. The van der Waals surface area contributed by atoms with E-state index in [2.05, 4.69) is 19.1 Å². The summed E-state index contributed by atoms with van der Waals surface area (Å²) in [6.07, 6.45) is 3.49. The lowest BCUT2D eigenvalue weighted by Gasteiger charge is -2.11. The molecule has 0 aliphatic rings. The normalized spacial score (nSPS) is 12.6. The first kappa shape index (κ1) is 14.5. The Kier molecular flexibility index (Phi) is 5.37. The molecule has 0 saturated carbocycles. The van der Waals surface area contributed by atoms with Crippen molar-refractivity contribution in [1.29, 1.82) is 0 Å². The van der Waals surface area contributed by atoms with Gasteiger partial charge in [-0.1, -0.05) is 24.6 Å². The van der Waals surface area contributed by atoms with E-state index in [4.69, 9.17) is 21.8 Å². The molecule has 2 nitrogen and oxygen atoms in total. The van der Waals surface area contributed by atoms with E-state index in [9.17, 15) is 0 Å². The fourth-order valence-electron chi connectivity index (χ4n) is 1.76. The van der Waals surface area contributed by atoms with E-state index in [1.54, 1.807) is 18.0 Å². The van der Waals surface area contributed by atoms with E-state index in [0.717, 1.165) is 39.8 Å². The first-order chi connectivity index (χ1) is 9.19. The number of furan rings is 1. The largest absolute Gasteiger partial charge is 0.468 e. The zero-order valence-corrected chi connectivity index (χ0v) is 12.5. The van der Waals surface area contributed by atoms with E-state index >= 15 is 0 Å². The molecule has 2 aromatic rings. The van der Waals surface area contributed by atoms with Crippen molar-refractivity contribution < 1.29 is 4.42 Å². The molecule has 0 radical (unpaired) electrons. The number of nitrogens with two attached hydrogens (primary N) is 1. The summed E-state index contributed by atoms with van der Waals surface area (Å²) in [6.45, 7) is 2.09. The summed E-state index contributed by atoms with van der Waals surface area (Å²) in [4.78, 5) is 1.15. The Bertz CT molecular complexity index is 513. The van der Waals surface area contributed by atoms with Gasteiger partial charge < -0.3 is 10.2 Å². The summed E-state index contributed by atoms with van der Waals surface area (Å²) in [5.74, 6) is 1.79. The van der Waals surface area contributed by atoms with Gasteiger partial charge >= 0.3 is 0 Å². The highest BCUT2D eigenvalue weighted by Gasteiger charge is 2.07. The number of halogens is 1. The van der Waals surface area contributed by atoms with Gasteiger partial charge in [-0.2, -0.15) is 0 Å². The van der Waals surface area contributed by atoms with Crippen LogP contribution in [0.3, 0.4) is 0 Å². The highest BCUT2D eigenvalue weighted by Crippen LogP contribution is 2.28. The Balaban J connectivity index is 1.98. The van der Waals surface area contributed by atoms with Crippen molar-refractivity contribution in [3.63, 3.8) is 0 Å². The Labute approximate surface area is 123 Å². The highest BCUT2D eigenvalue weighted by atomic mass is 35.5. The molecular formula is C15H18ClNOS. The van der Waals surface area contributed by atoms with Crippen LogP contribution in [0.2, 0.25) is 5.02 Å². The Morgan fingerprint density at radius 1 is 1.37 bits per heavy atom. The van der Waals surface area contributed by atoms with Crippen LogP contribution in [0.4, 0.5) is 0 Å². The van der Waals surface area contributed by atoms with Gasteiger partial charge in [0.25, 0.3) is 0 Å². The second kappa shape index (κ2) is 7.04. The van der Waals surface area contributed by atoms with Crippen LogP contribution in [0, 0.1) is 0 Å². The van der Waals surface area contributed by atoms with Crippen molar-refractivity contribution in [2.24, 2.45) is 5.73 Å². The van der Waals surface area contributed by atoms with Crippen molar-refractivity contribution in [3.8, 4) is 0 Å². The molecule has 19 heavy (non-hydrogen) atoms. The molecule has 1 aromatic carbocycles. The van der Waals surface area contributed by atoms with Crippen LogP contribution >= 0.6 is 23.4 Å². The molecule has 0 saturated heterocycles. The van der Waals surface area contributed by atoms with Crippen molar-refractivity contribution in [1.82, 2.24) is 0 Å². The fourth-order valence-corrected chi connectivity index (χ4v) is 2.92. The molecule has 1 unspecified atom stereocenters. The molecule has 2 N–H and O–H groups in total. The zero-order valence-electron chi connectivity index (χ0n) is 10.9. The molecule has 4 heteroatoms. The molecule has 1 atom stereocenters. The van der Waals surface area contributed by atoms with Gasteiger partial charge in [-0.3, -0.25) is 0 Å². The molecular weight excluding hydrogens is 278 g/mol. The molecule has 0 aliphatic carbocycles. The Morgan fingerprint density at radius 3 is 2.84 bits per heavy atom. The van der Waals surface area contributed by atoms with Crippen LogP contribution < -0.4 is 5.73 Å². The Morgan fingerprint density at radius 2 is 2.21 bits per heavy atom. The molecule has 0 spiro atoms. The third-order valence-corrected chi connectivity index (χ3v) is 4.36. The maximum absolute atomic E-state index is 6.30. The SMILES string of the molecule is CCC(N)Cc1ccc(SCc2ccco2)cc1Cl. The second-order valence-corrected chi connectivity index (χ2v) is 5.95. The van der Waals surface area contributed by atoms with Crippen molar-refractivity contribution >= 4 is 23.4 Å². The first-order valence-corrected chi connectivity index (χ1v) is 7.74. The summed E-state index contributed by atoms with van der Waals surface area (Å²) in [5, 5.41) is 0.799. The maximum Gasteiger partial charge on any atom is 0.113 e. The van der Waals surface area contributed by atoms with Gasteiger partial charge in [0.15, 0.2) is 0 Å². The standard InChI is InChI=1S/C15H18ClNOS/c1-2-12(17)8-11-5-6-14(9-15(11)16)19-10-13-4-3-7-18-13/h3-7,9,12H,2,8,10,17H2,1H3. The molecule has 0 bridgehead atoms. The summed E-state index contributed by atoms with van der Waals surface area (Å²) >= 11 is 8.01. The summed E-state index contributed by atoms with van der Waals surface area (Å²) < 4.78 is 5.31. The minimum absolute atomic E-state index is 0.180. The molecule has 102 valence electrons. The van der Waals surface area contributed by atoms with Gasteiger partial charge in [0, 0.05) is 16.0 Å². The van der Waals surface area contributed by atoms with Crippen molar-refractivity contribution in [3.05, 3.63) is 52.9 Å². The molecule has 2 rings (SSSR count). The van der Waals surface area contributed by atoms with Crippen LogP contribution in [0.1, 0.15) is 24.7 Å². The molecule has 1 aromatic heterocycles. The second-order valence-electron chi connectivity index (χ2n) is 4.49. The lowest BCUT2D eigenvalue weighted by molar-refractivity contribution is 0.530. The number of thioether (sulfide) groups is 1. The molecule has 1 heterocycles. The monoisotopic (exact) mass is 295 g/mol. The zero-order chi connectivity index (χ0) is 13.7. The summed E-state index contributed by atoms with van der Waals surface area (Å²) in [7, 11) is 0. The van der Waals surface area contributed by atoms with E-state index in [0.29, 0.717) is 0 Å². The average Bonchev–Trinajstić information content (AvgIpc) is 2.92. The average molecular weight is 296 g/mol. The van der Waals surface area contributed by atoms with E-state index in [1.807, 2.05) is 18.2 Å². The minimum atomic E-state index is 0.180. The van der Waals surface area contributed by atoms with Gasteiger partial charge in [0.1, 0.15) is 5.76 Å². The smallest absolute Gasteiger partial charge is 0.113 e. The van der Waals surface area contributed by atoms with Gasteiger partial charge in [0.05, 0.1) is 12.0 Å². The maximum atomic E-state index is 6.30. The predicted octanol–water partition coefficient (Wildman–Crippen LogP) is 4.51. The number of benzene rings is 1. The van der Waals surface area contributed by atoms with E-state index < -0.39 is 0 Å². The molecule has 0 amide bonds. The third kappa shape index (κ3) is 4.30. The van der Waals surface area contributed by atoms with Crippen LogP contribution in [-0.4, -0.2) is 6.04 Å². The number of hydrogen-bond donors (Lipinski definition) is 1. The molecule has 0 aliphatic heterocycles. The predicted molar refractivity (Wildman–Crippen MR) is 81.7 cm³/mol. The third-order valence-electron chi connectivity index (χ3n) is 2.99. The van der Waals surface area contributed by atoms with Gasteiger partial charge in [0.2, 0.25) is 0 Å². The van der Waals surface area contributed by atoms with E-state index in [-0.39, 0.29) is 6.04 Å². The highest BCUT2D eigenvalue weighted by molar-refractivity contribution is 7.98. The lowest BCUT2D eigenvalue weighted by Crippen LogP contribution is -2.21. The number of rotatable bonds is 6. The van der Waals surface area contributed by atoms with Gasteiger partial charge in [-0.05, 0) is 42.7 Å². The van der Waals surface area contributed by atoms with Crippen molar-refractivity contribution in [2.75, 3.05) is 0 Å². The van der Waals surface area contributed by atoms with Crippen molar-refractivity contribution in [2.45, 2.75) is 36.5 Å². The number of hydrogen-bond acceptors (Lipinski definition) is 3. The topological polar surface area (TPSA) is 39.2 Å². The van der Waals surface area contributed by atoms with Crippen LogP contribution in [-0.2, 0) is 12.2 Å². The van der Waals surface area contributed by atoms with Crippen LogP contribution in [0.15, 0.2) is 45.9 Å². The minimum Gasteiger partial charge on any atom is -0.468 e. The first-order valence-electron chi connectivity index (χ1n) is 6.38. The fraction of sp³-hybridized carbons (Fsp3) is 0.333. The van der Waals surface area contributed by atoms with E-state index in [1.165, 1.54) is 0 Å². The summed E-state index contributed by atoms with van der Waals surface area (Å²) in [6, 6.07) is 10.2. The van der Waals surface area contributed by atoms with Gasteiger partial charge in [-0.25, -0.2) is 0 Å². The Hall–Kier alpha value is -0.900. The van der Waals surface area contributed by atoms with Crippen LogP contribution in [0.25, 0.3) is 0 Å². The van der Waals surface area contributed by atoms with Crippen LogP contribution in [0.5, 0.6) is 0 Å². The lowest BCUT2D eigenvalue weighted by atomic mass is 10.1.